The van der Waals surface area contributed by atoms with Crippen LogP contribution in [0.3, 0.4) is 0 Å². The molecule has 0 aliphatic rings. The number of phenolic OH excluding ortho intramolecular Hbond substituents is 1. The van der Waals surface area contributed by atoms with E-state index in [1.54, 1.807) is 24.3 Å². The molecule has 2 aromatic carbocycles. The molecule has 0 fully saturated rings. The molecule has 0 bridgehead atoms. The SMILES string of the molecule is O=C(Cc1ccccc1[N+](=O)[O-])N/N=C/c1ccc(O)c(Br)c1. The molecule has 1 amide bonds. The summed E-state index contributed by atoms with van der Waals surface area (Å²) in [5.74, 6) is -0.365. The van der Waals surface area contributed by atoms with Crippen molar-refractivity contribution in [1.82, 2.24) is 5.43 Å². The standard InChI is InChI=1S/C15H12BrN3O4/c16-12-7-10(5-6-14(12)20)9-17-18-15(21)8-11-3-1-2-4-13(11)19(22)23/h1-7,9,20H,8H2,(H,18,21)/b17-9+. The number of rotatable bonds is 5. The van der Waals surface area contributed by atoms with Crippen molar-refractivity contribution in [2.45, 2.75) is 6.42 Å². The number of halogens is 1. The average Bonchev–Trinajstić information content (AvgIpc) is 2.51. The lowest BCUT2D eigenvalue weighted by molar-refractivity contribution is -0.385. The van der Waals surface area contributed by atoms with Crippen molar-refractivity contribution in [3.05, 3.63) is 68.2 Å². The molecule has 23 heavy (non-hydrogen) atoms. The second kappa shape index (κ2) is 7.50. The third kappa shape index (κ3) is 4.62. The lowest BCUT2D eigenvalue weighted by Gasteiger charge is -2.02. The summed E-state index contributed by atoms with van der Waals surface area (Å²) in [6.07, 6.45) is 1.26. The van der Waals surface area contributed by atoms with Crippen LogP contribution in [0.1, 0.15) is 11.1 Å². The Morgan fingerprint density at radius 3 is 2.78 bits per heavy atom. The Labute approximate surface area is 139 Å². The second-order valence-corrected chi connectivity index (χ2v) is 5.42. The van der Waals surface area contributed by atoms with Crippen LogP contribution in [0.5, 0.6) is 5.75 Å². The topological polar surface area (TPSA) is 105 Å². The molecule has 2 rings (SSSR count). The highest BCUT2D eigenvalue weighted by atomic mass is 79.9. The van der Waals surface area contributed by atoms with Crippen LogP contribution in [-0.4, -0.2) is 22.2 Å². The highest BCUT2D eigenvalue weighted by Gasteiger charge is 2.14. The third-order valence-electron chi connectivity index (χ3n) is 2.91. The summed E-state index contributed by atoms with van der Waals surface area (Å²) in [4.78, 5) is 22.2. The van der Waals surface area contributed by atoms with Crippen molar-refractivity contribution in [2.75, 3.05) is 0 Å². The van der Waals surface area contributed by atoms with Gasteiger partial charge in [-0.3, -0.25) is 14.9 Å². The first-order chi connectivity index (χ1) is 11.0. The van der Waals surface area contributed by atoms with Gasteiger partial charge in [0.05, 0.1) is 22.0 Å². The van der Waals surface area contributed by atoms with Crippen molar-refractivity contribution in [3.8, 4) is 5.75 Å². The molecule has 0 unspecified atom stereocenters. The number of para-hydroxylation sites is 1. The van der Waals surface area contributed by atoms with Crippen LogP contribution < -0.4 is 5.43 Å². The van der Waals surface area contributed by atoms with Crippen LogP contribution in [0.4, 0.5) is 5.69 Å². The van der Waals surface area contributed by atoms with Crippen molar-refractivity contribution >= 4 is 33.7 Å². The number of carbonyl (C=O) groups excluding carboxylic acids is 1. The number of amides is 1. The summed E-state index contributed by atoms with van der Waals surface area (Å²) in [6.45, 7) is 0. The minimum absolute atomic E-state index is 0.0996. The molecule has 0 aliphatic carbocycles. The van der Waals surface area contributed by atoms with Gasteiger partial charge in [-0.15, -0.1) is 0 Å². The Balaban J connectivity index is 1.99. The number of nitrogens with zero attached hydrogens (tertiary/aromatic N) is 2. The Morgan fingerprint density at radius 1 is 1.35 bits per heavy atom. The zero-order valence-corrected chi connectivity index (χ0v) is 13.4. The molecule has 0 heterocycles. The first-order valence-electron chi connectivity index (χ1n) is 6.50. The first-order valence-corrected chi connectivity index (χ1v) is 7.29. The molecule has 0 saturated carbocycles. The van der Waals surface area contributed by atoms with Gasteiger partial charge in [-0.05, 0) is 39.7 Å². The number of hydrogen-bond donors (Lipinski definition) is 2. The Hall–Kier alpha value is -2.74. The molecule has 0 saturated heterocycles. The van der Waals surface area contributed by atoms with E-state index in [0.29, 0.717) is 15.6 Å². The summed E-state index contributed by atoms with van der Waals surface area (Å²) < 4.78 is 0.507. The smallest absolute Gasteiger partial charge is 0.273 e. The highest BCUT2D eigenvalue weighted by molar-refractivity contribution is 9.10. The van der Waals surface area contributed by atoms with Crippen LogP contribution in [0, 0.1) is 10.1 Å². The summed E-state index contributed by atoms with van der Waals surface area (Å²) in [5.41, 5.74) is 3.19. The number of benzene rings is 2. The lowest BCUT2D eigenvalue weighted by Crippen LogP contribution is -2.20. The van der Waals surface area contributed by atoms with E-state index in [1.807, 2.05) is 0 Å². The molecule has 0 spiro atoms. The van der Waals surface area contributed by atoms with Gasteiger partial charge in [0.1, 0.15) is 5.75 Å². The van der Waals surface area contributed by atoms with E-state index in [-0.39, 0.29) is 17.9 Å². The van der Waals surface area contributed by atoms with Gasteiger partial charge in [0.2, 0.25) is 5.91 Å². The fourth-order valence-electron chi connectivity index (χ4n) is 1.83. The Morgan fingerprint density at radius 2 is 2.09 bits per heavy atom. The maximum atomic E-state index is 11.8. The summed E-state index contributed by atoms with van der Waals surface area (Å²) in [7, 11) is 0. The lowest BCUT2D eigenvalue weighted by atomic mass is 10.1. The molecule has 2 aromatic rings. The minimum atomic E-state index is -0.528. The van der Waals surface area contributed by atoms with E-state index in [4.69, 9.17) is 0 Å². The first kappa shape index (κ1) is 16.6. The van der Waals surface area contributed by atoms with Gasteiger partial charge in [-0.2, -0.15) is 5.10 Å². The van der Waals surface area contributed by atoms with E-state index in [9.17, 15) is 20.0 Å². The quantitative estimate of drug-likeness (QED) is 0.474. The minimum Gasteiger partial charge on any atom is -0.507 e. The fourth-order valence-corrected chi connectivity index (χ4v) is 2.23. The molecular formula is C15H12BrN3O4. The monoisotopic (exact) mass is 377 g/mol. The number of hydrogen-bond acceptors (Lipinski definition) is 5. The summed E-state index contributed by atoms with van der Waals surface area (Å²) in [6, 6.07) is 10.8. The Kier molecular flexibility index (Phi) is 5.42. The Bertz CT molecular complexity index is 777. The molecule has 0 atom stereocenters. The van der Waals surface area contributed by atoms with Gasteiger partial charge in [0, 0.05) is 11.6 Å². The molecular weight excluding hydrogens is 366 g/mol. The van der Waals surface area contributed by atoms with Crippen molar-refractivity contribution < 1.29 is 14.8 Å². The molecule has 0 aromatic heterocycles. The number of nitro benzene ring substituents is 1. The number of nitrogens with one attached hydrogen (secondary N) is 1. The second-order valence-electron chi connectivity index (χ2n) is 4.57. The van der Waals surface area contributed by atoms with Crippen molar-refractivity contribution in [3.63, 3.8) is 0 Å². The normalized spacial score (nSPS) is 10.7. The predicted octanol–water partition coefficient (Wildman–Crippen LogP) is 2.76. The maximum absolute atomic E-state index is 11.8. The van der Waals surface area contributed by atoms with Gasteiger partial charge >= 0.3 is 0 Å². The zero-order valence-electron chi connectivity index (χ0n) is 11.8. The van der Waals surface area contributed by atoms with Crippen LogP contribution in [-0.2, 0) is 11.2 Å². The fraction of sp³-hybridized carbons (Fsp3) is 0.0667. The molecule has 0 aliphatic heterocycles. The van der Waals surface area contributed by atoms with Crippen molar-refractivity contribution in [1.29, 1.82) is 0 Å². The largest absolute Gasteiger partial charge is 0.507 e. The number of carbonyl (C=O) groups is 1. The van der Waals surface area contributed by atoms with Gasteiger partial charge in [-0.25, -0.2) is 5.43 Å². The van der Waals surface area contributed by atoms with Crippen LogP contribution in [0.15, 0.2) is 52.0 Å². The van der Waals surface area contributed by atoms with Gasteiger partial charge in [0.25, 0.3) is 5.69 Å². The van der Waals surface area contributed by atoms with Crippen LogP contribution in [0.2, 0.25) is 0 Å². The van der Waals surface area contributed by atoms with E-state index < -0.39 is 10.8 Å². The van der Waals surface area contributed by atoms with Crippen LogP contribution in [0.25, 0.3) is 0 Å². The van der Waals surface area contributed by atoms with E-state index in [0.717, 1.165) is 0 Å². The van der Waals surface area contributed by atoms with Gasteiger partial charge in [0.15, 0.2) is 0 Å². The highest BCUT2D eigenvalue weighted by Crippen LogP contribution is 2.23. The molecule has 118 valence electrons. The number of nitro groups is 1. The van der Waals surface area contributed by atoms with Crippen molar-refractivity contribution in [2.24, 2.45) is 5.10 Å². The number of aromatic hydroxyl groups is 1. The summed E-state index contributed by atoms with van der Waals surface area (Å²) in [5, 5.41) is 24.0. The van der Waals surface area contributed by atoms with Gasteiger partial charge in [-0.1, -0.05) is 18.2 Å². The number of phenols is 1. The van der Waals surface area contributed by atoms with Crippen LogP contribution >= 0.6 is 15.9 Å². The van der Waals surface area contributed by atoms with E-state index in [1.165, 1.54) is 24.4 Å². The molecule has 7 nitrogen and oxygen atoms in total. The summed E-state index contributed by atoms with van der Waals surface area (Å²) >= 11 is 3.17. The van der Waals surface area contributed by atoms with Gasteiger partial charge < -0.3 is 5.11 Å². The molecule has 2 N–H and O–H groups in total. The zero-order chi connectivity index (χ0) is 16.8. The number of hydrazone groups is 1. The third-order valence-corrected chi connectivity index (χ3v) is 3.55. The average molecular weight is 378 g/mol. The maximum Gasteiger partial charge on any atom is 0.273 e. The predicted molar refractivity (Wildman–Crippen MR) is 88.3 cm³/mol. The van der Waals surface area contributed by atoms with E-state index >= 15 is 0 Å². The molecule has 0 radical (unpaired) electrons. The van der Waals surface area contributed by atoms with E-state index in [2.05, 4.69) is 26.5 Å². The molecule has 8 heteroatoms.